The standard InChI is InChI=1S/C11H16O4S/c1-15-11-6-4-3-5-9(11)10(12)7-8-16(2,13)14/h3-6,10,12H,7-8H2,1-2H3. The number of aliphatic hydroxyl groups is 1. The van der Waals surface area contributed by atoms with Gasteiger partial charge in [0.2, 0.25) is 0 Å². The lowest BCUT2D eigenvalue weighted by atomic mass is 10.1. The van der Waals surface area contributed by atoms with Crippen LogP contribution in [0.25, 0.3) is 0 Å². The van der Waals surface area contributed by atoms with Crippen LogP contribution in [0.5, 0.6) is 5.75 Å². The molecule has 1 N–H and O–H groups in total. The molecule has 1 rings (SSSR count). The van der Waals surface area contributed by atoms with Crippen LogP contribution >= 0.6 is 0 Å². The van der Waals surface area contributed by atoms with Gasteiger partial charge in [-0.15, -0.1) is 0 Å². The first-order chi connectivity index (χ1) is 7.44. The van der Waals surface area contributed by atoms with Crippen molar-refractivity contribution in [3.8, 4) is 5.75 Å². The van der Waals surface area contributed by atoms with Crippen molar-refractivity contribution in [3.63, 3.8) is 0 Å². The number of aliphatic hydroxyl groups excluding tert-OH is 1. The van der Waals surface area contributed by atoms with Crippen LogP contribution in [0.2, 0.25) is 0 Å². The van der Waals surface area contributed by atoms with E-state index in [1.165, 1.54) is 7.11 Å². The van der Waals surface area contributed by atoms with Crippen LogP contribution in [0, 0.1) is 0 Å². The minimum Gasteiger partial charge on any atom is -0.496 e. The van der Waals surface area contributed by atoms with E-state index >= 15 is 0 Å². The van der Waals surface area contributed by atoms with Gasteiger partial charge in [-0.2, -0.15) is 0 Å². The van der Waals surface area contributed by atoms with Gasteiger partial charge in [-0.05, 0) is 12.5 Å². The molecule has 0 heterocycles. The second-order valence-electron chi connectivity index (χ2n) is 3.68. The summed E-state index contributed by atoms with van der Waals surface area (Å²) in [5.74, 6) is 0.537. The summed E-state index contributed by atoms with van der Waals surface area (Å²) >= 11 is 0. The number of hydrogen-bond donors (Lipinski definition) is 1. The van der Waals surface area contributed by atoms with E-state index in [4.69, 9.17) is 4.74 Å². The Bertz CT molecular complexity index is 439. The summed E-state index contributed by atoms with van der Waals surface area (Å²) in [5, 5.41) is 9.85. The molecule has 4 nitrogen and oxygen atoms in total. The fourth-order valence-corrected chi connectivity index (χ4v) is 2.07. The van der Waals surface area contributed by atoms with Gasteiger partial charge in [0.05, 0.1) is 19.0 Å². The van der Waals surface area contributed by atoms with Gasteiger partial charge in [0.1, 0.15) is 15.6 Å². The van der Waals surface area contributed by atoms with Crippen molar-refractivity contribution in [3.05, 3.63) is 29.8 Å². The van der Waals surface area contributed by atoms with Crippen LogP contribution in [0.1, 0.15) is 18.1 Å². The van der Waals surface area contributed by atoms with Gasteiger partial charge in [0.25, 0.3) is 0 Å². The predicted molar refractivity (Wildman–Crippen MR) is 62.3 cm³/mol. The minimum atomic E-state index is -3.05. The highest BCUT2D eigenvalue weighted by Crippen LogP contribution is 2.26. The molecule has 0 aliphatic rings. The quantitative estimate of drug-likeness (QED) is 0.844. The first kappa shape index (κ1) is 13.0. The van der Waals surface area contributed by atoms with Gasteiger partial charge < -0.3 is 9.84 Å². The maximum atomic E-state index is 11.0. The molecule has 0 fully saturated rings. The fraction of sp³-hybridized carbons (Fsp3) is 0.455. The van der Waals surface area contributed by atoms with Crippen molar-refractivity contribution < 1.29 is 18.3 Å². The summed E-state index contributed by atoms with van der Waals surface area (Å²) in [6.45, 7) is 0. The van der Waals surface area contributed by atoms with Crippen LogP contribution in [0.3, 0.4) is 0 Å². The molecule has 1 unspecified atom stereocenters. The Morgan fingerprint density at radius 2 is 2.00 bits per heavy atom. The molecule has 0 bridgehead atoms. The molecule has 0 saturated carbocycles. The third-order valence-electron chi connectivity index (χ3n) is 2.26. The van der Waals surface area contributed by atoms with Crippen LogP contribution in [-0.2, 0) is 9.84 Å². The molecule has 0 aliphatic carbocycles. The Morgan fingerprint density at radius 1 is 1.38 bits per heavy atom. The van der Waals surface area contributed by atoms with E-state index in [9.17, 15) is 13.5 Å². The fourth-order valence-electron chi connectivity index (χ4n) is 1.42. The van der Waals surface area contributed by atoms with E-state index in [0.717, 1.165) is 6.26 Å². The normalized spacial score (nSPS) is 13.4. The zero-order valence-electron chi connectivity index (χ0n) is 9.38. The molecule has 1 aromatic carbocycles. The van der Waals surface area contributed by atoms with E-state index in [-0.39, 0.29) is 12.2 Å². The average molecular weight is 244 g/mol. The highest BCUT2D eigenvalue weighted by Gasteiger charge is 2.14. The van der Waals surface area contributed by atoms with E-state index < -0.39 is 15.9 Å². The van der Waals surface area contributed by atoms with Crippen LogP contribution in [0.4, 0.5) is 0 Å². The number of methoxy groups -OCH3 is 1. The SMILES string of the molecule is COc1ccccc1C(O)CCS(C)(=O)=O. The van der Waals surface area contributed by atoms with Crippen molar-refractivity contribution >= 4 is 9.84 Å². The number of para-hydroxylation sites is 1. The lowest BCUT2D eigenvalue weighted by molar-refractivity contribution is 0.170. The van der Waals surface area contributed by atoms with Crippen LogP contribution in [0.15, 0.2) is 24.3 Å². The van der Waals surface area contributed by atoms with Gasteiger partial charge in [-0.3, -0.25) is 0 Å². The van der Waals surface area contributed by atoms with Gasteiger partial charge in [0.15, 0.2) is 0 Å². The molecule has 5 heteroatoms. The molecule has 90 valence electrons. The van der Waals surface area contributed by atoms with Crippen LogP contribution < -0.4 is 4.74 Å². The predicted octanol–water partition coefficient (Wildman–Crippen LogP) is 1.16. The summed E-state index contributed by atoms with van der Waals surface area (Å²) in [5.41, 5.74) is 0.619. The largest absolute Gasteiger partial charge is 0.496 e. The summed E-state index contributed by atoms with van der Waals surface area (Å²) in [4.78, 5) is 0. The van der Waals surface area contributed by atoms with Crippen LogP contribution in [-0.4, -0.2) is 32.6 Å². The first-order valence-electron chi connectivity index (χ1n) is 4.93. The minimum absolute atomic E-state index is 0.0355. The van der Waals surface area contributed by atoms with Crippen molar-refractivity contribution in [2.24, 2.45) is 0 Å². The Hall–Kier alpha value is -1.07. The monoisotopic (exact) mass is 244 g/mol. The molecule has 0 spiro atoms. The summed E-state index contributed by atoms with van der Waals surface area (Å²) in [7, 11) is -1.53. The first-order valence-corrected chi connectivity index (χ1v) is 6.99. The van der Waals surface area contributed by atoms with Gasteiger partial charge in [-0.1, -0.05) is 18.2 Å². The second kappa shape index (κ2) is 5.32. The molecule has 0 radical (unpaired) electrons. The summed E-state index contributed by atoms with van der Waals surface area (Å²) in [6.07, 6.45) is 0.520. The number of hydrogen-bond acceptors (Lipinski definition) is 4. The molecule has 16 heavy (non-hydrogen) atoms. The summed E-state index contributed by atoms with van der Waals surface area (Å²) < 4.78 is 27.0. The average Bonchev–Trinajstić information content (AvgIpc) is 2.25. The van der Waals surface area contributed by atoms with Gasteiger partial charge >= 0.3 is 0 Å². The second-order valence-corrected chi connectivity index (χ2v) is 5.94. The Kier molecular flexibility index (Phi) is 4.32. The van der Waals surface area contributed by atoms with E-state index in [1.54, 1.807) is 24.3 Å². The number of rotatable bonds is 5. The zero-order chi connectivity index (χ0) is 12.2. The third-order valence-corrected chi connectivity index (χ3v) is 3.24. The molecular weight excluding hydrogens is 228 g/mol. The van der Waals surface area contributed by atoms with E-state index in [2.05, 4.69) is 0 Å². The van der Waals surface area contributed by atoms with Gasteiger partial charge in [0, 0.05) is 11.8 Å². The van der Waals surface area contributed by atoms with E-state index in [1.807, 2.05) is 0 Å². The van der Waals surface area contributed by atoms with Crippen molar-refractivity contribution in [2.45, 2.75) is 12.5 Å². The Morgan fingerprint density at radius 3 is 2.56 bits per heavy atom. The topological polar surface area (TPSA) is 63.6 Å². The third kappa shape index (κ3) is 3.83. The van der Waals surface area contributed by atoms with Crippen molar-refractivity contribution in [1.29, 1.82) is 0 Å². The van der Waals surface area contributed by atoms with Gasteiger partial charge in [-0.25, -0.2) is 8.42 Å². The Balaban J connectivity index is 2.76. The molecule has 1 aromatic rings. The number of ether oxygens (including phenoxy) is 1. The lowest BCUT2D eigenvalue weighted by Gasteiger charge is -2.13. The summed E-state index contributed by atoms with van der Waals surface area (Å²) in [6, 6.07) is 7.04. The molecular formula is C11H16O4S. The maximum Gasteiger partial charge on any atom is 0.147 e. The highest BCUT2D eigenvalue weighted by molar-refractivity contribution is 7.90. The number of benzene rings is 1. The molecule has 0 amide bonds. The highest BCUT2D eigenvalue weighted by atomic mass is 32.2. The molecule has 0 saturated heterocycles. The molecule has 0 aromatic heterocycles. The maximum absolute atomic E-state index is 11.0. The Labute approximate surface area is 95.8 Å². The van der Waals surface area contributed by atoms with Crippen molar-refractivity contribution in [1.82, 2.24) is 0 Å². The lowest BCUT2D eigenvalue weighted by Crippen LogP contribution is -2.09. The van der Waals surface area contributed by atoms with Crippen molar-refractivity contribution in [2.75, 3.05) is 19.1 Å². The van der Waals surface area contributed by atoms with E-state index in [0.29, 0.717) is 11.3 Å². The number of sulfone groups is 1. The zero-order valence-corrected chi connectivity index (χ0v) is 10.2. The molecule has 1 atom stereocenters. The smallest absolute Gasteiger partial charge is 0.147 e. The molecule has 0 aliphatic heterocycles.